The minimum atomic E-state index is 0.294. The predicted molar refractivity (Wildman–Crippen MR) is 74.0 cm³/mol. The Labute approximate surface area is 110 Å². The first-order valence-electron chi connectivity index (χ1n) is 6.39. The van der Waals surface area contributed by atoms with E-state index in [1.807, 2.05) is 0 Å². The summed E-state index contributed by atoms with van der Waals surface area (Å²) in [5, 5.41) is 0.986. The zero-order valence-electron chi connectivity index (χ0n) is 10.5. The lowest BCUT2D eigenvalue weighted by atomic mass is 9.83. The highest BCUT2D eigenvalue weighted by Crippen LogP contribution is 2.32. The standard InChI is InChI=1S/C13H17N3OS/c1-8-7-10-11(15-13(14)16-12(10)18-8)17-6-5-9-3-2-4-9/h7,9H,2-6H2,1H3,(H2,14,15,16). The second-order valence-electron chi connectivity index (χ2n) is 4.90. The Hall–Kier alpha value is -1.36. The summed E-state index contributed by atoms with van der Waals surface area (Å²) in [5.41, 5.74) is 5.71. The van der Waals surface area contributed by atoms with Crippen molar-refractivity contribution in [2.75, 3.05) is 12.3 Å². The number of rotatable bonds is 4. The molecule has 96 valence electrons. The SMILES string of the molecule is Cc1cc2c(OCCC3CCC3)nc(N)nc2s1. The van der Waals surface area contributed by atoms with Crippen LogP contribution < -0.4 is 10.5 Å². The molecule has 2 N–H and O–H groups in total. The van der Waals surface area contributed by atoms with Crippen molar-refractivity contribution in [3.8, 4) is 5.88 Å². The van der Waals surface area contributed by atoms with Crippen LogP contribution in [0.2, 0.25) is 0 Å². The van der Waals surface area contributed by atoms with Gasteiger partial charge in [-0.25, -0.2) is 4.98 Å². The number of fused-ring (bicyclic) bond motifs is 1. The van der Waals surface area contributed by atoms with Crippen LogP contribution in [0.3, 0.4) is 0 Å². The van der Waals surface area contributed by atoms with E-state index >= 15 is 0 Å². The highest BCUT2D eigenvalue weighted by molar-refractivity contribution is 7.18. The molecule has 1 aliphatic rings. The Morgan fingerprint density at radius 3 is 3.00 bits per heavy atom. The number of nitrogen functional groups attached to an aromatic ring is 1. The molecule has 0 spiro atoms. The molecule has 5 heteroatoms. The van der Waals surface area contributed by atoms with Gasteiger partial charge in [-0.15, -0.1) is 11.3 Å². The number of anilines is 1. The van der Waals surface area contributed by atoms with Crippen LogP contribution in [0.15, 0.2) is 6.07 Å². The van der Waals surface area contributed by atoms with Gasteiger partial charge < -0.3 is 10.5 Å². The number of ether oxygens (including phenoxy) is 1. The lowest BCUT2D eigenvalue weighted by molar-refractivity contribution is 0.219. The van der Waals surface area contributed by atoms with Crippen molar-refractivity contribution in [3.63, 3.8) is 0 Å². The minimum absolute atomic E-state index is 0.294. The summed E-state index contributed by atoms with van der Waals surface area (Å²) in [6.07, 6.45) is 5.19. The van der Waals surface area contributed by atoms with Gasteiger partial charge in [0.2, 0.25) is 11.8 Å². The molecule has 0 amide bonds. The number of aryl methyl sites for hydroxylation is 1. The summed E-state index contributed by atoms with van der Waals surface area (Å²) in [6, 6.07) is 2.07. The average Bonchev–Trinajstić information content (AvgIpc) is 2.61. The van der Waals surface area contributed by atoms with Gasteiger partial charge in [0.25, 0.3) is 0 Å². The van der Waals surface area contributed by atoms with Gasteiger partial charge in [-0.3, -0.25) is 0 Å². The molecule has 1 aliphatic carbocycles. The average molecular weight is 263 g/mol. The van der Waals surface area contributed by atoms with Crippen molar-refractivity contribution < 1.29 is 4.74 Å². The first kappa shape index (κ1) is 11.7. The lowest BCUT2D eigenvalue weighted by Crippen LogP contribution is -2.15. The second-order valence-corrected chi connectivity index (χ2v) is 6.13. The van der Waals surface area contributed by atoms with E-state index in [9.17, 15) is 0 Å². The lowest BCUT2D eigenvalue weighted by Gasteiger charge is -2.24. The summed E-state index contributed by atoms with van der Waals surface area (Å²) in [7, 11) is 0. The molecule has 0 radical (unpaired) electrons. The molecular formula is C13H17N3OS. The maximum Gasteiger partial charge on any atom is 0.227 e. The summed E-state index contributed by atoms with van der Waals surface area (Å²) in [6.45, 7) is 2.78. The fraction of sp³-hybridized carbons (Fsp3) is 0.538. The van der Waals surface area contributed by atoms with E-state index < -0.39 is 0 Å². The predicted octanol–water partition coefficient (Wildman–Crippen LogP) is 3.15. The third kappa shape index (κ3) is 2.27. The highest BCUT2D eigenvalue weighted by atomic mass is 32.1. The Bertz CT molecular complexity index is 563. The number of nitrogens with two attached hydrogens (primary N) is 1. The molecule has 1 saturated carbocycles. The molecule has 0 unspecified atom stereocenters. The summed E-state index contributed by atoms with van der Waals surface area (Å²) < 4.78 is 5.80. The van der Waals surface area contributed by atoms with Crippen LogP contribution in [-0.2, 0) is 0 Å². The molecule has 18 heavy (non-hydrogen) atoms. The van der Waals surface area contributed by atoms with Crippen molar-refractivity contribution >= 4 is 27.5 Å². The fourth-order valence-electron chi connectivity index (χ4n) is 2.25. The Balaban J connectivity index is 1.76. The molecule has 2 aromatic heterocycles. The van der Waals surface area contributed by atoms with E-state index in [4.69, 9.17) is 10.5 Å². The number of nitrogens with zero attached hydrogens (tertiary/aromatic N) is 2. The Morgan fingerprint density at radius 1 is 1.44 bits per heavy atom. The fourth-order valence-corrected chi connectivity index (χ4v) is 3.12. The van der Waals surface area contributed by atoms with Crippen LogP contribution in [0, 0.1) is 12.8 Å². The molecule has 0 aliphatic heterocycles. The molecule has 2 aromatic rings. The normalized spacial score (nSPS) is 15.8. The largest absolute Gasteiger partial charge is 0.477 e. The van der Waals surface area contributed by atoms with Crippen LogP contribution in [-0.4, -0.2) is 16.6 Å². The molecule has 0 saturated heterocycles. The van der Waals surface area contributed by atoms with E-state index in [0.29, 0.717) is 11.8 Å². The zero-order chi connectivity index (χ0) is 12.5. The molecule has 2 heterocycles. The Kier molecular flexibility index (Phi) is 3.07. The van der Waals surface area contributed by atoms with Gasteiger partial charge in [0.15, 0.2) is 0 Å². The molecular weight excluding hydrogens is 246 g/mol. The topological polar surface area (TPSA) is 61.0 Å². The van der Waals surface area contributed by atoms with Crippen LogP contribution in [0.5, 0.6) is 5.88 Å². The van der Waals surface area contributed by atoms with E-state index in [2.05, 4.69) is 23.0 Å². The number of thiophene rings is 1. The van der Waals surface area contributed by atoms with Crippen molar-refractivity contribution in [2.45, 2.75) is 32.6 Å². The van der Waals surface area contributed by atoms with Crippen LogP contribution in [0.25, 0.3) is 10.2 Å². The van der Waals surface area contributed by atoms with Crippen LogP contribution in [0.4, 0.5) is 5.95 Å². The van der Waals surface area contributed by atoms with E-state index in [1.54, 1.807) is 11.3 Å². The third-order valence-corrected chi connectivity index (χ3v) is 4.43. The molecule has 3 rings (SSSR count). The maximum absolute atomic E-state index is 5.80. The highest BCUT2D eigenvalue weighted by Gasteiger charge is 2.17. The Morgan fingerprint density at radius 2 is 2.28 bits per heavy atom. The number of hydrogen-bond acceptors (Lipinski definition) is 5. The third-order valence-electron chi connectivity index (χ3n) is 3.49. The smallest absolute Gasteiger partial charge is 0.227 e. The van der Waals surface area contributed by atoms with Crippen LogP contribution >= 0.6 is 11.3 Å². The summed E-state index contributed by atoms with van der Waals surface area (Å²) in [5.74, 6) is 1.79. The molecule has 1 fully saturated rings. The maximum atomic E-state index is 5.80. The van der Waals surface area contributed by atoms with Crippen molar-refractivity contribution in [1.29, 1.82) is 0 Å². The quantitative estimate of drug-likeness (QED) is 0.920. The molecule has 4 nitrogen and oxygen atoms in total. The molecule has 0 bridgehead atoms. The van der Waals surface area contributed by atoms with Gasteiger partial charge in [-0.05, 0) is 25.3 Å². The van der Waals surface area contributed by atoms with E-state index in [1.165, 1.54) is 24.1 Å². The van der Waals surface area contributed by atoms with Gasteiger partial charge in [0.1, 0.15) is 4.83 Å². The van der Waals surface area contributed by atoms with Gasteiger partial charge in [-0.1, -0.05) is 19.3 Å². The first-order chi connectivity index (χ1) is 8.72. The van der Waals surface area contributed by atoms with E-state index in [-0.39, 0.29) is 0 Å². The summed E-state index contributed by atoms with van der Waals surface area (Å²) >= 11 is 1.62. The molecule has 0 aromatic carbocycles. The van der Waals surface area contributed by atoms with Crippen molar-refractivity contribution in [1.82, 2.24) is 9.97 Å². The monoisotopic (exact) mass is 263 g/mol. The number of hydrogen-bond donors (Lipinski definition) is 1. The van der Waals surface area contributed by atoms with Gasteiger partial charge in [-0.2, -0.15) is 4.98 Å². The van der Waals surface area contributed by atoms with Crippen molar-refractivity contribution in [2.24, 2.45) is 5.92 Å². The first-order valence-corrected chi connectivity index (χ1v) is 7.20. The minimum Gasteiger partial charge on any atom is -0.477 e. The summed E-state index contributed by atoms with van der Waals surface area (Å²) in [4.78, 5) is 10.6. The van der Waals surface area contributed by atoms with E-state index in [0.717, 1.165) is 29.2 Å². The molecule has 0 atom stereocenters. The van der Waals surface area contributed by atoms with Gasteiger partial charge in [0, 0.05) is 4.88 Å². The van der Waals surface area contributed by atoms with Crippen LogP contribution in [0.1, 0.15) is 30.6 Å². The van der Waals surface area contributed by atoms with Gasteiger partial charge >= 0.3 is 0 Å². The zero-order valence-corrected chi connectivity index (χ0v) is 11.3. The number of aromatic nitrogens is 2. The van der Waals surface area contributed by atoms with Gasteiger partial charge in [0.05, 0.1) is 12.0 Å². The second kappa shape index (κ2) is 4.72. The van der Waals surface area contributed by atoms with Crippen molar-refractivity contribution in [3.05, 3.63) is 10.9 Å².